The number of hydrogen-bond acceptors (Lipinski definition) is 5. The zero-order valence-corrected chi connectivity index (χ0v) is 13.9. The Morgan fingerprint density at radius 1 is 1.04 bits per heavy atom. The molecule has 0 fully saturated rings. The molecule has 0 radical (unpaired) electrons. The molecule has 0 unspecified atom stereocenters. The van der Waals surface area contributed by atoms with Crippen LogP contribution in [-0.4, -0.2) is 34.3 Å². The Kier molecular flexibility index (Phi) is 8.82. The Bertz CT molecular complexity index is 531. The van der Waals surface area contributed by atoms with E-state index in [1.165, 1.54) is 19.1 Å². The smallest absolute Gasteiger partial charge is 0.230 e. The van der Waals surface area contributed by atoms with Gasteiger partial charge in [-0.05, 0) is 37.1 Å². The number of anilines is 1. The number of unbranched alkanes of at least 4 members (excludes halogenated alkanes) is 2. The van der Waals surface area contributed by atoms with Gasteiger partial charge in [0.25, 0.3) is 0 Å². The minimum atomic E-state index is -0.143. The van der Waals surface area contributed by atoms with Crippen molar-refractivity contribution in [2.45, 2.75) is 32.6 Å². The van der Waals surface area contributed by atoms with Crippen LogP contribution in [0.25, 0.3) is 0 Å². The van der Waals surface area contributed by atoms with Crippen LogP contribution in [-0.2, 0) is 14.4 Å². The number of benzene rings is 1. The maximum atomic E-state index is 11.7. The number of nitrogens with one attached hydrogen (secondary N) is 2. The summed E-state index contributed by atoms with van der Waals surface area (Å²) in [6, 6.07) is 6.31. The molecular weight excluding hydrogens is 316 g/mol. The zero-order valence-electron chi connectivity index (χ0n) is 13.1. The van der Waals surface area contributed by atoms with Crippen molar-refractivity contribution in [3.8, 4) is 5.75 Å². The van der Waals surface area contributed by atoms with Crippen molar-refractivity contribution < 1.29 is 19.5 Å². The summed E-state index contributed by atoms with van der Waals surface area (Å²) in [6.07, 6.45) is 2.78. The largest absolute Gasteiger partial charge is 0.508 e. The van der Waals surface area contributed by atoms with Crippen LogP contribution in [0.5, 0.6) is 5.75 Å². The summed E-state index contributed by atoms with van der Waals surface area (Å²) >= 11 is 0.994. The SMILES string of the molecule is CC(=O)SCC(=O)NCCCCCC(=O)Nc1ccc(O)cc1. The van der Waals surface area contributed by atoms with Crippen molar-refractivity contribution in [1.29, 1.82) is 0 Å². The lowest BCUT2D eigenvalue weighted by Crippen LogP contribution is -2.26. The van der Waals surface area contributed by atoms with Crippen LogP contribution in [0.4, 0.5) is 5.69 Å². The lowest BCUT2D eigenvalue weighted by Gasteiger charge is -2.06. The zero-order chi connectivity index (χ0) is 17.1. The van der Waals surface area contributed by atoms with E-state index in [2.05, 4.69) is 10.6 Å². The van der Waals surface area contributed by atoms with E-state index in [0.717, 1.165) is 31.0 Å². The second kappa shape index (κ2) is 10.7. The van der Waals surface area contributed by atoms with E-state index in [1.54, 1.807) is 12.1 Å². The molecule has 0 bridgehead atoms. The number of aromatic hydroxyl groups is 1. The molecule has 0 aliphatic carbocycles. The van der Waals surface area contributed by atoms with Crippen LogP contribution in [0.1, 0.15) is 32.6 Å². The minimum absolute atomic E-state index is 0.0696. The van der Waals surface area contributed by atoms with Crippen LogP contribution in [0.15, 0.2) is 24.3 Å². The Hall–Kier alpha value is -2.02. The van der Waals surface area contributed by atoms with Gasteiger partial charge in [-0.15, -0.1) is 0 Å². The highest BCUT2D eigenvalue weighted by molar-refractivity contribution is 8.14. The van der Waals surface area contributed by atoms with Gasteiger partial charge in [0.15, 0.2) is 5.12 Å². The normalized spacial score (nSPS) is 10.1. The summed E-state index contributed by atoms with van der Waals surface area (Å²) in [6.45, 7) is 1.98. The van der Waals surface area contributed by atoms with E-state index in [9.17, 15) is 14.4 Å². The van der Waals surface area contributed by atoms with E-state index < -0.39 is 0 Å². The second-order valence-electron chi connectivity index (χ2n) is 5.04. The first kappa shape index (κ1) is 19.0. The molecule has 0 aliphatic rings. The van der Waals surface area contributed by atoms with Gasteiger partial charge in [0.2, 0.25) is 11.8 Å². The molecule has 0 spiro atoms. The van der Waals surface area contributed by atoms with Crippen molar-refractivity contribution in [3.63, 3.8) is 0 Å². The molecule has 1 aromatic rings. The maximum absolute atomic E-state index is 11.7. The standard InChI is InChI=1S/C16H22N2O4S/c1-12(19)23-11-16(22)17-10-4-2-3-5-15(21)18-13-6-8-14(20)9-7-13/h6-9,20H,2-5,10-11H2,1H3,(H,17,22)(H,18,21). The highest BCUT2D eigenvalue weighted by Crippen LogP contribution is 2.14. The van der Waals surface area contributed by atoms with Gasteiger partial charge >= 0.3 is 0 Å². The van der Waals surface area contributed by atoms with Gasteiger partial charge in [-0.2, -0.15) is 0 Å². The third-order valence-corrected chi connectivity index (χ3v) is 3.77. The molecule has 2 amide bonds. The van der Waals surface area contributed by atoms with Crippen molar-refractivity contribution in [2.24, 2.45) is 0 Å². The topological polar surface area (TPSA) is 95.5 Å². The predicted molar refractivity (Wildman–Crippen MR) is 91.4 cm³/mol. The van der Waals surface area contributed by atoms with Crippen LogP contribution in [0.3, 0.4) is 0 Å². The number of phenols is 1. The van der Waals surface area contributed by atoms with Crippen molar-refractivity contribution >= 4 is 34.4 Å². The summed E-state index contributed by atoms with van der Waals surface area (Å²) < 4.78 is 0. The maximum Gasteiger partial charge on any atom is 0.230 e. The van der Waals surface area contributed by atoms with Gasteiger partial charge in [-0.25, -0.2) is 0 Å². The summed E-state index contributed by atoms with van der Waals surface area (Å²) in [5, 5.41) is 14.6. The molecule has 1 rings (SSSR count). The fraction of sp³-hybridized carbons (Fsp3) is 0.438. The number of hydrogen-bond donors (Lipinski definition) is 3. The molecule has 0 saturated heterocycles. The molecule has 0 atom stereocenters. The molecule has 6 nitrogen and oxygen atoms in total. The third-order valence-electron chi connectivity index (χ3n) is 2.96. The fourth-order valence-corrected chi connectivity index (χ4v) is 2.24. The van der Waals surface area contributed by atoms with Gasteiger partial charge in [-0.3, -0.25) is 14.4 Å². The van der Waals surface area contributed by atoms with Gasteiger partial charge < -0.3 is 15.7 Å². The summed E-state index contributed by atoms with van der Waals surface area (Å²) in [5.74, 6) is 0.101. The first-order chi connectivity index (χ1) is 11.0. The van der Waals surface area contributed by atoms with Crippen molar-refractivity contribution in [2.75, 3.05) is 17.6 Å². The van der Waals surface area contributed by atoms with E-state index in [0.29, 0.717) is 18.7 Å². The number of rotatable bonds is 9. The number of amides is 2. The molecule has 3 N–H and O–H groups in total. The second-order valence-corrected chi connectivity index (χ2v) is 6.19. The number of thioether (sulfide) groups is 1. The van der Waals surface area contributed by atoms with Crippen LogP contribution < -0.4 is 10.6 Å². The molecular formula is C16H22N2O4S. The van der Waals surface area contributed by atoms with Gasteiger partial charge in [-0.1, -0.05) is 18.2 Å². The lowest BCUT2D eigenvalue weighted by molar-refractivity contribution is -0.119. The third kappa shape index (κ3) is 9.57. The van der Waals surface area contributed by atoms with Gasteiger partial charge in [0, 0.05) is 25.6 Å². The molecule has 0 heterocycles. The lowest BCUT2D eigenvalue weighted by atomic mass is 10.2. The minimum Gasteiger partial charge on any atom is -0.508 e. The number of carbonyl (C=O) groups is 3. The van der Waals surface area contributed by atoms with E-state index in [4.69, 9.17) is 5.11 Å². The monoisotopic (exact) mass is 338 g/mol. The molecule has 1 aromatic carbocycles. The number of carbonyl (C=O) groups excluding carboxylic acids is 3. The first-order valence-corrected chi connectivity index (χ1v) is 8.45. The highest BCUT2D eigenvalue weighted by atomic mass is 32.2. The Morgan fingerprint density at radius 2 is 1.74 bits per heavy atom. The van der Waals surface area contributed by atoms with Crippen LogP contribution in [0, 0.1) is 0 Å². The fourth-order valence-electron chi connectivity index (χ4n) is 1.80. The van der Waals surface area contributed by atoms with Gasteiger partial charge in [0.1, 0.15) is 5.75 Å². The molecule has 0 aromatic heterocycles. The molecule has 126 valence electrons. The molecule has 7 heteroatoms. The highest BCUT2D eigenvalue weighted by Gasteiger charge is 2.04. The Labute approximate surface area is 140 Å². The number of phenolic OH excluding ortho intramolecular Hbond substituents is 1. The molecule has 23 heavy (non-hydrogen) atoms. The Morgan fingerprint density at radius 3 is 2.39 bits per heavy atom. The van der Waals surface area contributed by atoms with Crippen molar-refractivity contribution in [3.05, 3.63) is 24.3 Å². The van der Waals surface area contributed by atoms with Crippen LogP contribution in [0.2, 0.25) is 0 Å². The average Bonchev–Trinajstić information content (AvgIpc) is 2.51. The predicted octanol–water partition coefficient (Wildman–Crippen LogP) is 2.29. The quantitative estimate of drug-likeness (QED) is 0.474. The Balaban J connectivity index is 2.04. The molecule has 0 aliphatic heterocycles. The van der Waals surface area contributed by atoms with E-state index in [-0.39, 0.29) is 28.4 Å². The average molecular weight is 338 g/mol. The van der Waals surface area contributed by atoms with Gasteiger partial charge in [0.05, 0.1) is 5.75 Å². The summed E-state index contributed by atoms with van der Waals surface area (Å²) in [5.41, 5.74) is 0.656. The first-order valence-electron chi connectivity index (χ1n) is 7.46. The van der Waals surface area contributed by atoms with E-state index >= 15 is 0 Å². The van der Waals surface area contributed by atoms with Crippen molar-refractivity contribution in [1.82, 2.24) is 5.32 Å². The summed E-state index contributed by atoms with van der Waals surface area (Å²) in [4.78, 5) is 33.8. The molecule has 0 saturated carbocycles. The van der Waals surface area contributed by atoms with Crippen LogP contribution >= 0.6 is 11.8 Å². The summed E-state index contributed by atoms with van der Waals surface area (Å²) in [7, 11) is 0. The van der Waals surface area contributed by atoms with E-state index in [1.807, 2.05) is 0 Å².